The summed E-state index contributed by atoms with van der Waals surface area (Å²) in [6, 6.07) is 0. The average Bonchev–Trinajstić information content (AvgIpc) is 1.82. The van der Waals surface area contributed by atoms with Crippen LogP contribution in [0.4, 0.5) is 4.39 Å². The first-order chi connectivity index (χ1) is 4.61. The van der Waals surface area contributed by atoms with Crippen LogP contribution in [0.15, 0.2) is 9.98 Å². The molecule has 10 heavy (non-hydrogen) atoms. The summed E-state index contributed by atoms with van der Waals surface area (Å²) in [5, 5.41) is -0.336. The van der Waals surface area contributed by atoms with Crippen molar-refractivity contribution in [3.8, 4) is 0 Å². The number of amides is 1. The zero-order valence-electron chi connectivity index (χ0n) is 5.14. The number of carbonyl (C=O) groups excluding carboxylic acids is 1. The van der Waals surface area contributed by atoms with Gasteiger partial charge in [0.25, 0.3) is 5.91 Å². The Morgan fingerprint density at radius 2 is 2.20 bits per heavy atom. The van der Waals surface area contributed by atoms with Crippen molar-refractivity contribution in [2.24, 2.45) is 9.98 Å². The zero-order valence-corrected chi connectivity index (χ0v) is 5.89. The number of alkyl halides is 1. The van der Waals surface area contributed by atoms with Gasteiger partial charge in [-0.25, -0.2) is 9.38 Å². The molecule has 0 radical (unpaired) electrons. The Hall–Kier alpha value is -0.770. The predicted molar refractivity (Wildman–Crippen MR) is 36.3 cm³/mol. The Labute approximate surface area is 61.6 Å². The quantitative estimate of drug-likeness (QED) is 0.522. The molecule has 0 aromatic carbocycles. The molecule has 1 unspecified atom stereocenters. The van der Waals surface area contributed by atoms with E-state index in [0.717, 1.165) is 0 Å². The van der Waals surface area contributed by atoms with Gasteiger partial charge in [-0.05, 0) is 6.92 Å². The van der Waals surface area contributed by atoms with Crippen LogP contribution in [-0.2, 0) is 4.79 Å². The fourth-order valence-electron chi connectivity index (χ4n) is 0.554. The molecule has 1 heterocycles. The SMILES string of the molecule is CC1=NC(=O)C(F)C(Cl)=N1. The minimum absolute atomic E-state index is 0.198. The van der Waals surface area contributed by atoms with E-state index in [1.807, 2.05) is 0 Å². The highest BCUT2D eigenvalue weighted by molar-refractivity contribution is 6.69. The van der Waals surface area contributed by atoms with Crippen molar-refractivity contribution in [2.75, 3.05) is 0 Å². The number of aliphatic imine (C=N–C) groups is 2. The summed E-state index contributed by atoms with van der Waals surface area (Å²) < 4.78 is 12.4. The molecule has 0 bridgehead atoms. The molecule has 0 aromatic heterocycles. The van der Waals surface area contributed by atoms with Crippen molar-refractivity contribution in [3.05, 3.63) is 0 Å². The maximum atomic E-state index is 12.4. The molecule has 1 aliphatic rings. The predicted octanol–water partition coefficient (Wildman–Crippen LogP) is 0.920. The van der Waals surface area contributed by atoms with Gasteiger partial charge in [0.15, 0.2) is 5.17 Å². The summed E-state index contributed by atoms with van der Waals surface area (Å²) in [5.74, 6) is -0.679. The minimum Gasteiger partial charge on any atom is -0.269 e. The fraction of sp³-hybridized carbons (Fsp3) is 0.400. The molecule has 54 valence electrons. The minimum atomic E-state index is -1.86. The second-order valence-electron chi connectivity index (χ2n) is 1.79. The molecule has 3 nitrogen and oxygen atoms in total. The molecule has 0 saturated carbocycles. The summed E-state index contributed by atoms with van der Waals surface area (Å²) in [6.07, 6.45) is -1.86. The Morgan fingerprint density at radius 3 is 2.70 bits per heavy atom. The van der Waals surface area contributed by atoms with E-state index in [4.69, 9.17) is 11.6 Å². The average molecular weight is 163 g/mol. The van der Waals surface area contributed by atoms with Crippen molar-refractivity contribution >= 4 is 28.5 Å². The van der Waals surface area contributed by atoms with E-state index in [1.165, 1.54) is 6.92 Å². The van der Waals surface area contributed by atoms with Gasteiger partial charge in [0.1, 0.15) is 5.84 Å². The molecule has 0 aliphatic carbocycles. The van der Waals surface area contributed by atoms with Gasteiger partial charge in [-0.3, -0.25) is 4.79 Å². The first kappa shape index (κ1) is 7.34. The maximum Gasteiger partial charge on any atom is 0.289 e. The van der Waals surface area contributed by atoms with Gasteiger partial charge in [-0.1, -0.05) is 11.6 Å². The van der Waals surface area contributed by atoms with Crippen LogP contribution < -0.4 is 0 Å². The third kappa shape index (κ3) is 1.21. The molecule has 1 rings (SSSR count). The standard InChI is InChI=1S/C5H4ClFN2O/c1-2-8-4(6)3(7)5(10)9-2/h3H,1H3. The molecular weight excluding hydrogens is 159 g/mol. The Bertz CT molecular complexity index is 236. The van der Waals surface area contributed by atoms with Crippen LogP contribution in [0.5, 0.6) is 0 Å². The molecule has 1 atom stereocenters. The zero-order chi connectivity index (χ0) is 7.72. The van der Waals surface area contributed by atoms with E-state index in [0.29, 0.717) is 0 Å². The highest BCUT2D eigenvalue weighted by Gasteiger charge is 2.25. The van der Waals surface area contributed by atoms with Crippen molar-refractivity contribution < 1.29 is 9.18 Å². The number of halogens is 2. The van der Waals surface area contributed by atoms with Crippen molar-refractivity contribution in [1.82, 2.24) is 0 Å². The second kappa shape index (κ2) is 2.46. The lowest BCUT2D eigenvalue weighted by molar-refractivity contribution is -0.120. The van der Waals surface area contributed by atoms with E-state index in [9.17, 15) is 9.18 Å². The topological polar surface area (TPSA) is 41.8 Å². The van der Waals surface area contributed by atoms with Gasteiger partial charge >= 0.3 is 0 Å². The molecule has 0 N–H and O–H groups in total. The van der Waals surface area contributed by atoms with E-state index < -0.39 is 12.1 Å². The monoisotopic (exact) mass is 162 g/mol. The number of amidine groups is 1. The number of carbonyl (C=O) groups is 1. The van der Waals surface area contributed by atoms with E-state index in [-0.39, 0.29) is 11.0 Å². The van der Waals surface area contributed by atoms with Crippen molar-refractivity contribution in [2.45, 2.75) is 13.1 Å². The highest BCUT2D eigenvalue weighted by atomic mass is 35.5. The summed E-state index contributed by atoms with van der Waals surface area (Å²) in [6.45, 7) is 1.48. The smallest absolute Gasteiger partial charge is 0.269 e. The van der Waals surface area contributed by atoms with E-state index in [2.05, 4.69) is 9.98 Å². The van der Waals surface area contributed by atoms with Crippen LogP contribution in [0.3, 0.4) is 0 Å². The van der Waals surface area contributed by atoms with Crippen LogP contribution in [-0.4, -0.2) is 23.1 Å². The molecule has 0 saturated heterocycles. The lowest BCUT2D eigenvalue weighted by Gasteiger charge is -2.05. The maximum absolute atomic E-state index is 12.4. The summed E-state index contributed by atoms with van der Waals surface area (Å²) in [4.78, 5) is 17.2. The second-order valence-corrected chi connectivity index (χ2v) is 2.18. The van der Waals surface area contributed by atoms with Gasteiger partial charge in [-0.15, -0.1) is 0 Å². The van der Waals surface area contributed by atoms with Crippen molar-refractivity contribution in [1.29, 1.82) is 0 Å². The largest absolute Gasteiger partial charge is 0.289 e. The van der Waals surface area contributed by atoms with Crippen LogP contribution in [0.2, 0.25) is 0 Å². The third-order valence-corrected chi connectivity index (χ3v) is 1.24. The fourth-order valence-corrected chi connectivity index (χ4v) is 0.770. The summed E-state index contributed by atoms with van der Waals surface area (Å²) in [7, 11) is 0. The summed E-state index contributed by atoms with van der Waals surface area (Å²) >= 11 is 5.23. The first-order valence-electron chi connectivity index (χ1n) is 2.58. The summed E-state index contributed by atoms with van der Waals surface area (Å²) in [5.41, 5.74) is 0. The van der Waals surface area contributed by atoms with Gasteiger partial charge < -0.3 is 0 Å². The van der Waals surface area contributed by atoms with Crippen LogP contribution >= 0.6 is 11.6 Å². The van der Waals surface area contributed by atoms with Crippen molar-refractivity contribution in [3.63, 3.8) is 0 Å². The van der Waals surface area contributed by atoms with Gasteiger partial charge in [0.05, 0.1) is 0 Å². The van der Waals surface area contributed by atoms with Gasteiger partial charge in [0.2, 0.25) is 6.17 Å². The third-order valence-electron chi connectivity index (χ3n) is 0.967. The highest BCUT2D eigenvalue weighted by Crippen LogP contribution is 2.08. The molecule has 0 aromatic rings. The number of nitrogens with zero attached hydrogens (tertiary/aromatic N) is 2. The number of hydrogen-bond donors (Lipinski definition) is 0. The van der Waals surface area contributed by atoms with Gasteiger partial charge in [-0.2, -0.15) is 4.99 Å². The molecule has 1 amide bonds. The normalized spacial score (nSPS) is 25.9. The molecule has 1 aliphatic heterocycles. The van der Waals surface area contributed by atoms with Crippen LogP contribution in [0, 0.1) is 0 Å². The Morgan fingerprint density at radius 1 is 1.60 bits per heavy atom. The Kier molecular flexibility index (Phi) is 1.80. The van der Waals surface area contributed by atoms with E-state index >= 15 is 0 Å². The Balaban J connectivity index is 2.95. The van der Waals surface area contributed by atoms with Gasteiger partial charge in [0, 0.05) is 0 Å². The lowest BCUT2D eigenvalue weighted by Crippen LogP contribution is -2.25. The molecular formula is C5H4ClFN2O. The van der Waals surface area contributed by atoms with Crippen LogP contribution in [0.1, 0.15) is 6.92 Å². The molecule has 0 spiro atoms. The number of hydrogen-bond acceptors (Lipinski definition) is 2. The number of rotatable bonds is 0. The molecule has 0 fully saturated rings. The van der Waals surface area contributed by atoms with E-state index in [1.54, 1.807) is 0 Å². The lowest BCUT2D eigenvalue weighted by atomic mass is 10.3. The van der Waals surface area contributed by atoms with Crippen LogP contribution in [0.25, 0.3) is 0 Å². The first-order valence-corrected chi connectivity index (χ1v) is 2.96. The molecule has 5 heteroatoms.